The number of hydrogen-bond donors (Lipinski definition) is 2. The fourth-order valence-electron chi connectivity index (χ4n) is 2.97. The van der Waals surface area contributed by atoms with Crippen LogP contribution in [0.5, 0.6) is 0 Å². The number of aliphatic hydroxyl groups excluding tert-OH is 2. The molecule has 0 spiro atoms. The minimum Gasteiger partial charge on any atom is -0.390 e. The number of ether oxygens (including phenoxy) is 2. The molecule has 134 valence electrons. The third-order valence-electron chi connectivity index (χ3n) is 4.13. The fraction of sp³-hybridized carbons (Fsp3) is 0.789. The maximum Gasteiger partial charge on any atom is 0.164 e. The zero-order chi connectivity index (χ0) is 17.6. The highest BCUT2D eigenvalue weighted by Gasteiger charge is 2.47. The predicted octanol–water partition coefficient (Wildman–Crippen LogP) is 3.72. The van der Waals surface area contributed by atoms with Crippen molar-refractivity contribution in [2.75, 3.05) is 0 Å². The molecule has 0 unspecified atom stereocenters. The van der Waals surface area contributed by atoms with Crippen LogP contribution < -0.4 is 0 Å². The molecule has 2 N–H and O–H groups in total. The van der Waals surface area contributed by atoms with Crippen molar-refractivity contribution in [1.29, 1.82) is 0 Å². The molecule has 1 saturated heterocycles. The van der Waals surface area contributed by atoms with Gasteiger partial charge >= 0.3 is 0 Å². The average molecular weight is 326 g/mol. The van der Waals surface area contributed by atoms with Crippen LogP contribution in [0.3, 0.4) is 0 Å². The topological polar surface area (TPSA) is 58.9 Å². The highest BCUT2D eigenvalue weighted by Crippen LogP contribution is 2.34. The number of hydrogen-bond acceptors (Lipinski definition) is 4. The first-order valence-corrected chi connectivity index (χ1v) is 8.63. The van der Waals surface area contributed by atoms with E-state index in [4.69, 9.17) is 9.47 Å². The SMILES string of the molecule is C=C(C)CCC[C@@H](O)[C@H]1OC(C)(C)O[C@@H]1[C@H](O)CCCC(=C)C. The number of allylic oxidation sites excluding steroid dienone is 2. The molecule has 4 nitrogen and oxygen atoms in total. The molecule has 1 fully saturated rings. The summed E-state index contributed by atoms with van der Waals surface area (Å²) in [5.74, 6) is -0.778. The van der Waals surface area contributed by atoms with Crippen molar-refractivity contribution < 1.29 is 19.7 Å². The van der Waals surface area contributed by atoms with Crippen LogP contribution in [-0.4, -0.2) is 40.4 Å². The molecule has 0 saturated carbocycles. The van der Waals surface area contributed by atoms with E-state index >= 15 is 0 Å². The summed E-state index contributed by atoms with van der Waals surface area (Å²) in [6.07, 6.45) is 2.46. The van der Waals surface area contributed by atoms with Crippen LogP contribution in [0.4, 0.5) is 0 Å². The molecule has 1 heterocycles. The maximum absolute atomic E-state index is 10.5. The first-order valence-electron chi connectivity index (χ1n) is 8.63. The molecular formula is C19H34O4. The molecule has 0 aromatic rings. The van der Waals surface area contributed by atoms with Crippen LogP contribution in [0.25, 0.3) is 0 Å². The van der Waals surface area contributed by atoms with Gasteiger partial charge < -0.3 is 19.7 Å². The van der Waals surface area contributed by atoms with Crippen molar-refractivity contribution in [2.24, 2.45) is 0 Å². The van der Waals surface area contributed by atoms with E-state index in [-0.39, 0.29) is 0 Å². The van der Waals surface area contributed by atoms with E-state index in [0.29, 0.717) is 12.8 Å². The summed E-state index contributed by atoms with van der Waals surface area (Å²) in [6.45, 7) is 15.4. The third kappa shape index (κ3) is 7.17. The zero-order valence-corrected chi connectivity index (χ0v) is 15.2. The molecule has 1 aliphatic rings. The van der Waals surface area contributed by atoms with E-state index < -0.39 is 30.2 Å². The summed E-state index contributed by atoms with van der Waals surface area (Å²) in [4.78, 5) is 0. The summed E-state index contributed by atoms with van der Waals surface area (Å²) < 4.78 is 11.7. The minimum atomic E-state index is -0.778. The minimum absolute atomic E-state index is 0.491. The molecule has 0 amide bonds. The van der Waals surface area contributed by atoms with Gasteiger partial charge in [0.05, 0.1) is 12.2 Å². The lowest BCUT2D eigenvalue weighted by molar-refractivity contribution is -0.161. The molecule has 23 heavy (non-hydrogen) atoms. The Bertz CT molecular complexity index is 366. The first-order chi connectivity index (χ1) is 10.6. The number of aliphatic hydroxyl groups is 2. The summed E-state index contributed by atoms with van der Waals surface area (Å²) in [7, 11) is 0. The molecule has 1 rings (SSSR count). The predicted molar refractivity (Wildman–Crippen MR) is 93.2 cm³/mol. The standard InChI is InChI=1S/C19H34O4/c1-13(2)9-7-11-15(20)17-18(23-19(5,6)22-17)16(21)12-8-10-14(3)4/h15-18,20-21H,1,3,7-12H2,2,4-6H3/t15-,16-,17-,18-/m1/s1. The van der Waals surface area contributed by atoms with Crippen LogP contribution in [0.15, 0.2) is 24.3 Å². The Morgan fingerprint density at radius 1 is 0.913 bits per heavy atom. The molecule has 0 aromatic heterocycles. The lowest BCUT2D eigenvalue weighted by atomic mass is 9.95. The van der Waals surface area contributed by atoms with Gasteiger partial charge in [0.25, 0.3) is 0 Å². The smallest absolute Gasteiger partial charge is 0.164 e. The highest BCUT2D eigenvalue weighted by molar-refractivity contribution is 4.93. The second-order valence-electron chi connectivity index (χ2n) is 7.40. The number of rotatable bonds is 10. The van der Waals surface area contributed by atoms with E-state index in [9.17, 15) is 10.2 Å². The Labute approximate surface area is 141 Å². The third-order valence-corrected chi connectivity index (χ3v) is 4.13. The van der Waals surface area contributed by atoms with Gasteiger partial charge in [-0.2, -0.15) is 0 Å². The zero-order valence-electron chi connectivity index (χ0n) is 15.2. The Morgan fingerprint density at radius 2 is 1.26 bits per heavy atom. The first kappa shape index (κ1) is 20.4. The Hall–Kier alpha value is -0.680. The molecule has 4 atom stereocenters. The van der Waals surface area contributed by atoms with E-state index in [1.165, 1.54) is 0 Å². The van der Waals surface area contributed by atoms with Crippen molar-refractivity contribution in [3.63, 3.8) is 0 Å². The molecule has 4 heteroatoms. The normalized spacial score (nSPS) is 26.0. The molecule has 0 bridgehead atoms. The van der Waals surface area contributed by atoms with Crippen LogP contribution in [0, 0.1) is 0 Å². The summed E-state index contributed by atoms with van der Waals surface area (Å²) in [6, 6.07) is 0. The molecule has 1 aliphatic heterocycles. The van der Waals surface area contributed by atoms with Gasteiger partial charge in [-0.1, -0.05) is 11.1 Å². The van der Waals surface area contributed by atoms with Gasteiger partial charge in [-0.25, -0.2) is 0 Å². The van der Waals surface area contributed by atoms with Crippen LogP contribution in [0.1, 0.15) is 66.2 Å². The Morgan fingerprint density at radius 3 is 1.57 bits per heavy atom. The lowest BCUT2D eigenvalue weighted by Crippen LogP contribution is -2.42. The van der Waals surface area contributed by atoms with Gasteiger partial charge in [0.15, 0.2) is 5.79 Å². The Kier molecular flexibility index (Phi) is 7.95. The van der Waals surface area contributed by atoms with Gasteiger partial charge in [0, 0.05) is 0 Å². The Balaban J connectivity index is 2.59. The van der Waals surface area contributed by atoms with Gasteiger partial charge in [-0.3, -0.25) is 0 Å². The van der Waals surface area contributed by atoms with Crippen LogP contribution in [0.2, 0.25) is 0 Å². The summed E-state index contributed by atoms with van der Waals surface area (Å²) in [5, 5.41) is 20.9. The molecule has 0 radical (unpaired) electrons. The molecular weight excluding hydrogens is 292 g/mol. The van der Waals surface area contributed by atoms with E-state index in [1.807, 2.05) is 27.7 Å². The summed E-state index contributed by atoms with van der Waals surface area (Å²) in [5.41, 5.74) is 2.22. The monoisotopic (exact) mass is 326 g/mol. The van der Waals surface area contributed by atoms with Gasteiger partial charge in [0.2, 0.25) is 0 Å². The molecule has 0 aliphatic carbocycles. The quantitative estimate of drug-likeness (QED) is 0.601. The highest BCUT2D eigenvalue weighted by atomic mass is 16.8. The van der Waals surface area contributed by atoms with Crippen molar-refractivity contribution >= 4 is 0 Å². The van der Waals surface area contributed by atoms with Crippen LogP contribution in [-0.2, 0) is 9.47 Å². The lowest BCUT2D eigenvalue weighted by Gasteiger charge is -2.26. The van der Waals surface area contributed by atoms with Crippen molar-refractivity contribution in [3.05, 3.63) is 24.3 Å². The van der Waals surface area contributed by atoms with Crippen molar-refractivity contribution in [1.82, 2.24) is 0 Å². The maximum atomic E-state index is 10.5. The fourth-order valence-corrected chi connectivity index (χ4v) is 2.97. The van der Waals surface area contributed by atoms with Gasteiger partial charge in [-0.05, 0) is 66.2 Å². The average Bonchev–Trinajstić information content (AvgIpc) is 2.74. The van der Waals surface area contributed by atoms with Gasteiger partial charge in [-0.15, -0.1) is 13.2 Å². The largest absolute Gasteiger partial charge is 0.390 e. The van der Waals surface area contributed by atoms with Crippen molar-refractivity contribution in [2.45, 2.75) is 96.4 Å². The van der Waals surface area contributed by atoms with Crippen molar-refractivity contribution in [3.8, 4) is 0 Å². The van der Waals surface area contributed by atoms with E-state index in [0.717, 1.165) is 36.8 Å². The summed E-state index contributed by atoms with van der Waals surface area (Å²) >= 11 is 0. The van der Waals surface area contributed by atoms with Gasteiger partial charge in [0.1, 0.15) is 12.2 Å². The van der Waals surface area contributed by atoms with E-state index in [1.54, 1.807) is 0 Å². The van der Waals surface area contributed by atoms with E-state index in [2.05, 4.69) is 13.2 Å². The second kappa shape index (κ2) is 8.97. The second-order valence-corrected chi connectivity index (χ2v) is 7.40. The van der Waals surface area contributed by atoms with Crippen LogP contribution >= 0.6 is 0 Å². The molecule has 0 aromatic carbocycles.